The summed E-state index contributed by atoms with van der Waals surface area (Å²) < 4.78 is 11.1. The Morgan fingerprint density at radius 1 is 1.39 bits per heavy atom. The SMILES string of the molecule is NC(=O)CSCc1cc(Cl)c2c(c1)OCCCO2. The molecule has 6 heteroatoms. The molecule has 2 rings (SSSR count). The van der Waals surface area contributed by atoms with Gasteiger partial charge in [-0.3, -0.25) is 4.79 Å². The van der Waals surface area contributed by atoms with E-state index in [0.29, 0.717) is 41.2 Å². The second-order valence-electron chi connectivity index (χ2n) is 3.91. The van der Waals surface area contributed by atoms with Crippen molar-refractivity contribution in [1.82, 2.24) is 0 Å². The summed E-state index contributed by atoms with van der Waals surface area (Å²) in [5, 5.41) is 0.545. The maximum absolute atomic E-state index is 10.7. The average molecular weight is 288 g/mol. The van der Waals surface area contributed by atoms with Crippen LogP contribution in [0.15, 0.2) is 12.1 Å². The van der Waals surface area contributed by atoms with Crippen LogP contribution in [0, 0.1) is 0 Å². The minimum absolute atomic E-state index is 0.298. The first-order chi connectivity index (χ1) is 8.66. The molecule has 0 aliphatic carbocycles. The molecular formula is C12H14ClNO3S. The Bertz CT molecular complexity index is 453. The number of nitrogens with two attached hydrogens (primary N) is 1. The van der Waals surface area contributed by atoms with E-state index in [2.05, 4.69) is 0 Å². The first kappa shape index (κ1) is 13.4. The van der Waals surface area contributed by atoms with Crippen LogP contribution in [0.4, 0.5) is 0 Å². The quantitative estimate of drug-likeness (QED) is 0.922. The fourth-order valence-corrected chi connectivity index (χ4v) is 2.63. The summed E-state index contributed by atoms with van der Waals surface area (Å²) in [5.41, 5.74) is 6.08. The van der Waals surface area contributed by atoms with E-state index in [-0.39, 0.29) is 5.91 Å². The van der Waals surface area contributed by atoms with Gasteiger partial charge in [0, 0.05) is 12.2 Å². The van der Waals surface area contributed by atoms with Gasteiger partial charge in [0.05, 0.1) is 24.0 Å². The van der Waals surface area contributed by atoms with E-state index in [0.717, 1.165) is 12.0 Å². The lowest BCUT2D eigenvalue weighted by Gasteiger charge is -2.11. The van der Waals surface area contributed by atoms with Gasteiger partial charge in [-0.05, 0) is 17.7 Å². The van der Waals surface area contributed by atoms with Gasteiger partial charge < -0.3 is 15.2 Å². The zero-order valence-electron chi connectivity index (χ0n) is 9.78. The van der Waals surface area contributed by atoms with E-state index >= 15 is 0 Å². The van der Waals surface area contributed by atoms with Crippen LogP contribution in [0.25, 0.3) is 0 Å². The highest BCUT2D eigenvalue weighted by molar-refractivity contribution is 7.99. The first-order valence-corrected chi connectivity index (χ1v) is 7.14. The van der Waals surface area contributed by atoms with Gasteiger partial charge in [0.25, 0.3) is 0 Å². The lowest BCUT2D eigenvalue weighted by molar-refractivity contribution is -0.115. The van der Waals surface area contributed by atoms with Crippen molar-refractivity contribution in [3.05, 3.63) is 22.7 Å². The zero-order valence-corrected chi connectivity index (χ0v) is 11.4. The number of amides is 1. The Morgan fingerprint density at radius 2 is 2.17 bits per heavy atom. The predicted octanol–water partition coefficient (Wildman–Crippen LogP) is 2.22. The maximum Gasteiger partial charge on any atom is 0.227 e. The van der Waals surface area contributed by atoms with Crippen molar-refractivity contribution < 1.29 is 14.3 Å². The smallest absolute Gasteiger partial charge is 0.227 e. The number of rotatable bonds is 4. The van der Waals surface area contributed by atoms with Crippen LogP contribution in [-0.4, -0.2) is 24.9 Å². The van der Waals surface area contributed by atoms with Crippen LogP contribution in [0.5, 0.6) is 11.5 Å². The van der Waals surface area contributed by atoms with E-state index in [1.165, 1.54) is 11.8 Å². The van der Waals surface area contributed by atoms with E-state index < -0.39 is 0 Å². The lowest BCUT2D eigenvalue weighted by Crippen LogP contribution is -2.13. The Morgan fingerprint density at radius 3 is 2.94 bits per heavy atom. The molecule has 1 amide bonds. The molecular weight excluding hydrogens is 274 g/mol. The second-order valence-corrected chi connectivity index (χ2v) is 5.31. The third-order valence-electron chi connectivity index (χ3n) is 2.38. The van der Waals surface area contributed by atoms with Gasteiger partial charge in [0.1, 0.15) is 0 Å². The maximum atomic E-state index is 10.7. The molecule has 0 fully saturated rings. The standard InChI is InChI=1S/C12H14ClNO3S/c13-9-4-8(6-18-7-11(14)15)5-10-12(9)17-3-1-2-16-10/h4-5H,1-3,6-7H2,(H2,14,15). The number of hydrogen-bond donors (Lipinski definition) is 1. The molecule has 0 bridgehead atoms. The summed E-state index contributed by atoms with van der Waals surface area (Å²) in [7, 11) is 0. The molecule has 0 unspecified atom stereocenters. The summed E-state index contributed by atoms with van der Waals surface area (Å²) in [5.74, 6) is 1.93. The fraction of sp³-hybridized carbons (Fsp3) is 0.417. The van der Waals surface area contributed by atoms with Gasteiger partial charge in [-0.1, -0.05) is 11.6 Å². The van der Waals surface area contributed by atoms with Crippen molar-refractivity contribution in [1.29, 1.82) is 0 Å². The van der Waals surface area contributed by atoms with Crippen molar-refractivity contribution in [3.63, 3.8) is 0 Å². The molecule has 0 saturated heterocycles. The van der Waals surface area contributed by atoms with Crippen LogP contribution < -0.4 is 15.2 Å². The molecule has 0 radical (unpaired) electrons. The Kier molecular flexibility index (Phi) is 4.60. The van der Waals surface area contributed by atoms with Gasteiger partial charge in [-0.2, -0.15) is 0 Å². The van der Waals surface area contributed by atoms with Crippen LogP contribution >= 0.6 is 23.4 Å². The third-order valence-corrected chi connectivity index (χ3v) is 3.68. The van der Waals surface area contributed by atoms with Crippen LogP contribution in [-0.2, 0) is 10.5 Å². The van der Waals surface area contributed by atoms with Crippen molar-refractivity contribution in [2.24, 2.45) is 5.73 Å². The number of primary amides is 1. The van der Waals surface area contributed by atoms with Crippen molar-refractivity contribution in [2.75, 3.05) is 19.0 Å². The first-order valence-electron chi connectivity index (χ1n) is 5.61. The summed E-state index contributed by atoms with van der Waals surface area (Å²) in [6, 6.07) is 3.74. The van der Waals surface area contributed by atoms with E-state index in [4.69, 9.17) is 26.8 Å². The third kappa shape index (κ3) is 3.46. The number of halogens is 1. The van der Waals surface area contributed by atoms with Gasteiger partial charge in [-0.15, -0.1) is 11.8 Å². The number of hydrogen-bond acceptors (Lipinski definition) is 4. The lowest BCUT2D eigenvalue weighted by atomic mass is 10.2. The van der Waals surface area contributed by atoms with Crippen LogP contribution in [0.1, 0.15) is 12.0 Å². The van der Waals surface area contributed by atoms with Gasteiger partial charge in [0.15, 0.2) is 11.5 Å². The molecule has 1 aliphatic heterocycles. The second kappa shape index (κ2) is 6.20. The molecule has 4 nitrogen and oxygen atoms in total. The highest BCUT2D eigenvalue weighted by Gasteiger charge is 2.15. The van der Waals surface area contributed by atoms with Gasteiger partial charge in [-0.25, -0.2) is 0 Å². The van der Waals surface area contributed by atoms with Crippen LogP contribution in [0.2, 0.25) is 5.02 Å². The topological polar surface area (TPSA) is 61.6 Å². The molecule has 1 aromatic rings. The molecule has 1 aliphatic rings. The largest absolute Gasteiger partial charge is 0.489 e. The molecule has 18 heavy (non-hydrogen) atoms. The number of fused-ring (bicyclic) bond motifs is 1. The Labute approximate surface area is 115 Å². The minimum atomic E-state index is -0.319. The molecule has 1 aromatic carbocycles. The molecule has 0 atom stereocenters. The molecule has 2 N–H and O–H groups in total. The highest BCUT2D eigenvalue weighted by atomic mass is 35.5. The molecule has 0 saturated carbocycles. The normalized spacial score (nSPS) is 14.1. The van der Waals surface area contributed by atoms with Crippen molar-refractivity contribution in [2.45, 2.75) is 12.2 Å². The monoisotopic (exact) mass is 287 g/mol. The van der Waals surface area contributed by atoms with Gasteiger partial charge in [0.2, 0.25) is 5.91 Å². The number of carbonyl (C=O) groups is 1. The average Bonchev–Trinajstić information content (AvgIpc) is 2.54. The molecule has 98 valence electrons. The zero-order chi connectivity index (χ0) is 13.0. The van der Waals surface area contributed by atoms with E-state index in [1.54, 1.807) is 0 Å². The summed E-state index contributed by atoms with van der Waals surface area (Å²) in [6.45, 7) is 1.24. The molecule has 0 spiro atoms. The minimum Gasteiger partial charge on any atom is -0.489 e. The number of ether oxygens (including phenoxy) is 2. The number of thioether (sulfide) groups is 1. The van der Waals surface area contributed by atoms with Crippen LogP contribution in [0.3, 0.4) is 0 Å². The van der Waals surface area contributed by atoms with Crippen molar-refractivity contribution >= 4 is 29.3 Å². The number of benzene rings is 1. The summed E-state index contributed by atoms with van der Waals surface area (Å²) in [4.78, 5) is 10.7. The summed E-state index contributed by atoms with van der Waals surface area (Å²) >= 11 is 7.60. The number of carbonyl (C=O) groups excluding carboxylic acids is 1. The molecule has 1 heterocycles. The fourth-order valence-electron chi connectivity index (χ4n) is 1.64. The van der Waals surface area contributed by atoms with E-state index in [1.807, 2.05) is 12.1 Å². The highest BCUT2D eigenvalue weighted by Crippen LogP contribution is 2.38. The Hall–Kier alpha value is -1.07. The molecule has 0 aromatic heterocycles. The summed E-state index contributed by atoms with van der Waals surface area (Å²) in [6.07, 6.45) is 0.844. The van der Waals surface area contributed by atoms with Crippen molar-refractivity contribution in [3.8, 4) is 11.5 Å². The Balaban J connectivity index is 2.10. The van der Waals surface area contributed by atoms with E-state index in [9.17, 15) is 4.79 Å². The van der Waals surface area contributed by atoms with Gasteiger partial charge >= 0.3 is 0 Å². The predicted molar refractivity (Wildman–Crippen MR) is 72.4 cm³/mol.